The van der Waals surface area contributed by atoms with Crippen molar-refractivity contribution in [3.63, 3.8) is 0 Å². The van der Waals surface area contributed by atoms with Crippen molar-refractivity contribution in [2.75, 3.05) is 24.5 Å². The van der Waals surface area contributed by atoms with Crippen LogP contribution in [0.15, 0.2) is 77.7 Å². The van der Waals surface area contributed by atoms with E-state index in [9.17, 15) is 22.4 Å². The molecule has 3 aromatic rings. The molecular weight excluding hydrogens is 533 g/mol. The molecule has 0 radical (unpaired) electrons. The first-order valence-corrected chi connectivity index (χ1v) is 13.7. The molecule has 0 fully saturated rings. The summed E-state index contributed by atoms with van der Waals surface area (Å²) in [4.78, 5) is 27.5. The van der Waals surface area contributed by atoms with Gasteiger partial charge in [-0.05, 0) is 67.9 Å². The third-order valence-corrected chi connectivity index (χ3v) is 7.82. The smallest absolute Gasteiger partial charge is 0.264 e. The Morgan fingerprint density at radius 1 is 1.03 bits per heavy atom. The van der Waals surface area contributed by atoms with Gasteiger partial charge in [-0.3, -0.25) is 13.9 Å². The minimum absolute atomic E-state index is 0.0460. The van der Waals surface area contributed by atoms with Gasteiger partial charge in [0.25, 0.3) is 10.0 Å². The quantitative estimate of drug-likeness (QED) is 0.378. The van der Waals surface area contributed by atoms with Crippen LogP contribution in [0.5, 0.6) is 5.75 Å². The van der Waals surface area contributed by atoms with E-state index in [4.69, 9.17) is 16.3 Å². The fourth-order valence-electron chi connectivity index (χ4n) is 3.77. The summed E-state index contributed by atoms with van der Waals surface area (Å²) in [7, 11) is -2.83. The van der Waals surface area contributed by atoms with Crippen LogP contribution < -0.4 is 14.4 Å². The second-order valence-corrected chi connectivity index (χ2v) is 10.6. The number of rotatable bonds is 11. The number of amides is 2. The zero-order valence-corrected chi connectivity index (χ0v) is 22.8. The molecule has 1 N–H and O–H groups in total. The maximum Gasteiger partial charge on any atom is 0.264 e. The van der Waals surface area contributed by atoms with Crippen LogP contribution >= 0.6 is 11.6 Å². The van der Waals surface area contributed by atoms with Crippen LogP contribution in [0.1, 0.15) is 19.4 Å². The number of halogens is 2. The molecule has 202 valence electrons. The summed E-state index contributed by atoms with van der Waals surface area (Å²) in [6.07, 6.45) is 0. The standard InChI is InChI=1S/C27H29ClFN3O5S/c1-4-37-25-8-6-5-7-24(25)32(38(35,36)23-15-11-21(28)12-16-23)18-26(33)31(19(2)27(34)30-3)17-20-9-13-22(29)14-10-20/h5-16,19H,4,17-18H2,1-3H3,(H,30,34)/t19-/m0/s1. The molecule has 2 amide bonds. The fraction of sp³-hybridized carbons (Fsp3) is 0.259. The van der Waals surface area contributed by atoms with Gasteiger partial charge in [-0.25, -0.2) is 12.8 Å². The molecule has 0 spiro atoms. The predicted octanol–water partition coefficient (Wildman–Crippen LogP) is 4.24. The van der Waals surface area contributed by atoms with Gasteiger partial charge >= 0.3 is 0 Å². The topological polar surface area (TPSA) is 96.0 Å². The van der Waals surface area contributed by atoms with Gasteiger partial charge in [0.05, 0.1) is 17.2 Å². The lowest BCUT2D eigenvalue weighted by Crippen LogP contribution is -2.50. The van der Waals surface area contributed by atoms with E-state index in [-0.39, 0.29) is 29.5 Å². The lowest BCUT2D eigenvalue weighted by atomic mass is 10.1. The summed E-state index contributed by atoms with van der Waals surface area (Å²) in [6, 6.07) is 16.6. The molecule has 0 unspecified atom stereocenters. The normalized spacial score (nSPS) is 11.9. The third kappa shape index (κ3) is 6.81. The Morgan fingerprint density at radius 3 is 2.26 bits per heavy atom. The predicted molar refractivity (Wildman–Crippen MR) is 144 cm³/mol. The molecule has 0 aliphatic heterocycles. The maximum absolute atomic E-state index is 13.8. The largest absolute Gasteiger partial charge is 0.492 e. The number of nitrogens with zero attached hydrogens (tertiary/aromatic N) is 2. The maximum atomic E-state index is 13.8. The summed E-state index contributed by atoms with van der Waals surface area (Å²) < 4.78 is 47.8. The van der Waals surface area contributed by atoms with E-state index in [1.165, 1.54) is 73.5 Å². The fourth-order valence-corrected chi connectivity index (χ4v) is 5.32. The van der Waals surface area contributed by atoms with E-state index in [0.29, 0.717) is 10.6 Å². The Kier molecular flexibility index (Phi) is 9.71. The van der Waals surface area contributed by atoms with E-state index in [2.05, 4.69) is 5.32 Å². The van der Waals surface area contributed by atoms with Gasteiger partial charge in [-0.1, -0.05) is 35.9 Å². The summed E-state index contributed by atoms with van der Waals surface area (Å²) in [6.45, 7) is 2.89. The molecule has 0 heterocycles. The average molecular weight is 562 g/mol. The van der Waals surface area contributed by atoms with E-state index < -0.39 is 40.2 Å². The van der Waals surface area contributed by atoms with E-state index >= 15 is 0 Å². The van der Waals surface area contributed by atoms with Crippen LogP contribution in [0, 0.1) is 5.82 Å². The van der Waals surface area contributed by atoms with Crippen molar-refractivity contribution >= 4 is 39.1 Å². The second-order valence-electron chi connectivity index (χ2n) is 8.30. The molecule has 0 aromatic heterocycles. The third-order valence-electron chi connectivity index (χ3n) is 5.79. The van der Waals surface area contributed by atoms with Gasteiger partial charge in [0.15, 0.2) is 0 Å². The molecule has 0 aliphatic rings. The molecule has 8 nitrogen and oxygen atoms in total. The number of para-hydroxylation sites is 2. The van der Waals surface area contributed by atoms with Crippen molar-refractivity contribution in [1.29, 1.82) is 0 Å². The van der Waals surface area contributed by atoms with Crippen LogP contribution in [0.4, 0.5) is 10.1 Å². The zero-order valence-electron chi connectivity index (χ0n) is 21.2. The molecule has 1 atom stereocenters. The summed E-state index contributed by atoms with van der Waals surface area (Å²) >= 11 is 5.97. The molecular formula is C27H29ClFN3O5S. The monoisotopic (exact) mass is 561 g/mol. The highest BCUT2D eigenvalue weighted by atomic mass is 35.5. The van der Waals surface area contributed by atoms with Crippen LogP contribution in [0.2, 0.25) is 5.02 Å². The first-order valence-electron chi connectivity index (χ1n) is 11.8. The molecule has 0 saturated heterocycles. The van der Waals surface area contributed by atoms with E-state index in [1.807, 2.05) is 0 Å². The Morgan fingerprint density at radius 2 is 1.66 bits per heavy atom. The van der Waals surface area contributed by atoms with Gasteiger partial charge in [0.2, 0.25) is 11.8 Å². The molecule has 0 bridgehead atoms. The molecule has 11 heteroatoms. The van der Waals surface area contributed by atoms with Crippen molar-refractivity contribution in [3.05, 3.63) is 89.2 Å². The van der Waals surface area contributed by atoms with Crippen molar-refractivity contribution in [1.82, 2.24) is 10.2 Å². The van der Waals surface area contributed by atoms with Crippen molar-refractivity contribution in [2.24, 2.45) is 0 Å². The highest BCUT2D eigenvalue weighted by molar-refractivity contribution is 7.92. The van der Waals surface area contributed by atoms with Gasteiger partial charge in [-0.2, -0.15) is 0 Å². The number of hydrogen-bond acceptors (Lipinski definition) is 5. The lowest BCUT2D eigenvalue weighted by Gasteiger charge is -2.32. The van der Waals surface area contributed by atoms with Crippen molar-refractivity contribution in [2.45, 2.75) is 31.3 Å². The summed E-state index contributed by atoms with van der Waals surface area (Å²) in [5, 5.41) is 2.86. The number of nitrogens with one attached hydrogen (secondary N) is 1. The first kappa shape index (κ1) is 28.9. The SMILES string of the molecule is CCOc1ccccc1N(CC(=O)N(Cc1ccc(F)cc1)[C@@H](C)C(=O)NC)S(=O)(=O)c1ccc(Cl)cc1. The molecule has 3 aromatic carbocycles. The van der Waals surface area contributed by atoms with E-state index in [0.717, 1.165) is 4.31 Å². The van der Waals surface area contributed by atoms with Crippen LogP contribution in [-0.4, -0.2) is 51.4 Å². The minimum Gasteiger partial charge on any atom is -0.492 e. The van der Waals surface area contributed by atoms with Gasteiger partial charge < -0.3 is 15.0 Å². The average Bonchev–Trinajstić information content (AvgIpc) is 2.91. The number of benzene rings is 3. The highest BCUT2D eigenvalue weighted by Gasteiger charge is 2.33. The summed E-state index contributed by atoms with van der Waals surface area (Å²) in [5.74, 6) is -1.26. The Bertz CT molecular complexity index is 1370. The van der Waals surface area contributed by atoms with Crippen molar-refractivity contribution < 1.29 is 27.1 Å². The van der Waals surface area contributed by atoms with Crippen molar-refractivity contribution in [3.8, 4) is 5.75 Å². The molecule has 3 rings (SSSR count). The molecule has 38 heavy (non-hydrogen) atoms. The minimum atomic E-state index is -4.27. The van der Waals surface area contributed by atoms with Gasteiger partial charge in [0.1, 0.15) is 24.2 Å². The lowest BCUT2D eigenvalue weighted by molar-refractivity contribution is -0.139. The van der Waals surface area contributed by atoms with Crippen LogP contribution in [-0.2, 0) is 26.2 Å². The van der Waals surface area contributed by atoms with Gasteiger partial charge in [-0.15, -0.1) is 0 Å². The first-order chi connectivity index (χ1) is 18.1. The number of anilines is 1. The summed E-state index contributed by atoms with van der Waals surface area (Å²) in [5.41, 5.74) is 0.726. The Hall–Kier alpha value is -3.63. The molecule has 0 aliphatic carbocycles. The number of carbonyl (C=O) groups excluding carboxylic acids is 2. The number of sulfonamides is 1. The number of carbonyl (C=O) groups is 2. The second kappa shape index (κ2) is 12.7. The Labute approximate surface area is 227 Å². The zero-order chi connectivity index (χ0) is 27.9. The van der Waals surface area contributed by atoms with Crippen LogP contribution in [0.3, 0.4) is 0 Å². The van der Waals surface area contributed by atoms with Crippen LogP contribution in [0.25, 0.3) is 0 Å². The van der Waals surface area contributed by atoms with E-state index in [1.54, 1.807) is 25.1 Å². The molecule has 0 saturated carbocycles. The number of ether oxygens (including phenoxy) is 1. The highest BCUT2D eigenvalue weighted by Crippen LogP contribution is 2.33. The van der Waals surface area contributed by atoms with Gasteiger partial charge in [0, 0.05) is 18.6 Å². The Balaban J connectivity index is 2.08. The number of likely N-dealkylation sites (N-methyl/N-ethyl adjacent to an activating group) is 1. The number of hydrogen-bond donors (Lipinski definition) is 1.